The van der Waals surface area contributed by atoms with Crippen molar-refractivity contribution < 1.29 is 13.2 Å². The van der Waals surface area contributed by atoms with Gasteiger partial charge in [-0.15, -0.1) is 0 Å². The van der Waals surface area contributed by atoms with Crippen LogP contribution >= 0.6 is 0 Å². The summed E-state index contributed by atoms with van der Waals surface area (Å²) in [4.78, 5) is 12.4. The molecule has 3 aliphatic rings. The average Bonchev–Trinajstić information content (AvgIpc) is 3.06. The molecule has 0 aliphatic carbocycles. The van der Waals surface area contributed by atoms with Gasteiger partial charge in [-0.1, -0.05) is 11.6 Å². The van der Waals surface area contributed by atoms with E-state index in [0.717, 1.165) is 65.4 Å². The van der Waals surface area contributed by atoms with Gasteiger partial charge in [0.2, 0.25) is 0 Å². The minimum Gasteiger partial charge on any atom is -0.382 e. The SMILES string of the molecule is Cc1ccc2nc(N3CCS(=O)(=O)c4ccc(N5CCN(C(C)C)CC5)cc4C3)cc(NCC3(N)COC3)c2c1. The Bertz CT molecular complexity index is 1510. The van der Waals surface area contributed by atoms with E-state index in [1.807, 2.05) is 24.3 Å². The van der Waals surface area contributed by atoms with Crippen LogP contribution in [-0.2, 0) is 21.1 Å². The van der Waals surface area contributed by atoms with Crippen LogP contribution in [0.3, 0.4) is 0 Å². The van der Waals surface area contributed by atoms with E-state index in [0.29, 0.717) is 43.8 Å². The zero-order valence-corrected chi connectivity index (χ0v) is 24.5. The molecule has 40 heavy (non-hydrogen) atoms. The lowest BCUT2D eigenvalue weighted by atomic mass is 9.99. The molecule has 0 amide bonds. The summed E-state index contributed by atoms with van der Waals surface area (Å²) < 4.78 is 32.0. The number of piperazine rings is 1. The number of pyridine rings is 1. The molecule has 1 aromatic heterocycles. The van der Waals surface area contributed by atoms with Crippen molar-refractivity contribution in [2.24, 2.45) is 5.73 Å². The molecule has 2 aromatic carbocycles. The largest absolute Gasteiger partial charge is 0.382 e. The van der Waals surface area contributed by atoms with E-state index in [1.54, 1.807) is 0 Å². The Hall–Kier alpha value is -2.92. The predicted molar refractivity (Wildman–Crippen MR) is 161 cm³/mol. The number of aromatic nitrogens is 1. The van der Waals surface area contributed by atoms with Gasteiger partial charge in [0.15, 0.2) is 9.84 Å². The molecule has 0 unspecified atom stereocenters. The van der Waals surface area contributed by atoms with Gasteiger partial charge in [0.1, 0.15) is 5.82 Å². The van der Waals surface area contributed by atoms with E-state index in [4.69, 9.17) is 15.5 Å². The Balaban J connectivity index is 1.32. The molecular weight excluding hydrogens is 524 g/mol. The number of ether oxygens (including phenoxy) is 1. The quantitative estimate of drug-likeness (QED) is 0.468. The highest BCUT2D eigenvalue weighted by atomic mass is 32.2. The Morgan fingerprint density at radius 3 is 2.50 bits per heavy atom. The van der Waals surface area contributed by atoms with Crippen molar-refractivity contribution >= 4 is 37.9 Å². The van der Waals surface area contributed by atoms with E-state index in [-0.39, 0.29) is 11.3 Å². The van der Waals surface area contributed by atoms with Crippen LogP contribution in [0.4, 0.5) is 17.2 Å². The summed E-state index contributed by atoms with van der Waals surface area (Å²) >= 11 is 0. The monoisotopic (exact) mass is 564 g/mol. The number of aryl methyl sites for hydroxylation is 1. The molecule has 3 aliphatic heterocycles. The molecule has 0 spiro atoms. The maximum Gasteiger partial charge on any atom is 0.180 e. The number of hydrogen-bond donors (Lipinski definition) is 2. The molecule has 214 valence electrons. The van der Waals surface area contributed by atoms with Crippen molar-refractivity contribution in [2.75, 3.05) is 73.4 Å². The van der Waals surface area contributed by atoms with Gasteiger partial charge in [-0.05, 0) is 56.7 Å². The molecule has 2 saturated heterocycles. The number of benzene rings is 2. The predicted octanol–water partition coefficient (Wildman–Crippen LogP) is 3.01. The smallest absolute Gasteiger partial charge is 0.180 e. The number of sulfone groups is 1. The first-order valence-corrected chi connectivity index (χ1v) is 15.9. The highest BCUT2D eigenvalue weighted by molar-refractivity contribution is 7.91. The first-order valence-electron chi connectivity index (χ1n) is 14.2. The van der Waals surface area contributed by atoms with Gasteiger partial charge in [-0.25, -0.2) is 13.4 Å². The molecule has 3 aromatic rings. The second-order valence-corrected chi connectivity index (χ2v) is 14.0. The summed E-state index contributed by atoms with van der Waals surface area (Å²) in [5.74, 6) is 0.806. The van der Waals surface area contributed by atoms with E-state index < -0.39 is 9.84 Å². The zero-order chi connectivity index (χ0) is 28.1. The van der Waals surface area contributed by atoms with Crippen LogP contribution in [0.5, 0.6) is 0 Å². The molecule has 10 heteroatoms. The Morgan fingerprint density at radius 2 is 1.80 bits per heavy atom. The Morgan fingerprint density at radius 1 is 1.02 bits per heavy atom. The molecule has 3 N–H and O–H groups in total. The zero-order valence-electron chi connectivity index (χ0n) is 23.7. The fraction of sp³-hybridized carbons (Fsp3) is 0.500. The highest BCUT2D eigenvalue weighted by Gasteiger charge is 2.34. The molecule has 0 bridgehead atoms. The number of nitrogens with two attached hydrogens (primary N) is 1. The van der Waals surface area contributed by atoms with Gasteiger partial charge in [-0.3, -0.25) is 4.90 Å². The lowest BCUT2D eigenvalue weighted by molar-refractivity contribution is -0.0461. The molecular formula is C30H40N6O3S. The second-order valence-electron chi connectivity index (χ2n) is 11.9. The number of hydrogen-bond acceptors (Lipinski definition) is 9. The molecule has 9 nitrogen and oxygen atoms in total. The van der Waals surface area contributed by atoms with Gasteiger partial charge in [0, 0.05) is 74.7 Å². The summed E-state index contributed by atoms with van der Waals surface area (Å²) in [5, 5.41) is 4.58. The standard InChI is InChI=1S/C30H40N6O3S/c1-21(2)34-8-10-35(11-9-34)24-5-7-28-23(15-24)17-36(12-13-40(28,37)38)29-16-27(32-18-30(31)19-39-20-30)25-14-22(3)4-6-26(25)33-29/h4-7,14-16,21H,8-13,17-20,31H2,1-3H3,(H,32,33). The van der Waals surface area contributed by atoms with Gasteiger partial charge in [0.05, 0.1) is 34.9 Å². The average molecular weight is 565 g/mol. The van der Waals surface area contributed by atoms with Gasteiger partial charge >= 0.3 is 0 Å². The molecule has 0 saturated carbocycles. The number of fused-ring (bicyclic) bond motifs is 2. The van der Waals surface area contributed by atoms with Crippen LogP contribution in [0.15, 0.2) is 47.4 Å². The number of nitrogens with one attached hydrogen (secondary N) is 1. The lowest BCUT2D eigenvalue weighted by Gasteiger charge is -2.38. The Kier molecular flexibility index (Phi) is 7.14. The van der Waals surface area contributed by atoms with Gasteiger partial charge in [-0.2, -0.15) is 0 Å². The van der Waals surface area contributed by atoms with Crippen LogP contribution in [-0.4, -0.2) is 88.1 Å². The maximum absolute atomic E-state index is 13.3. The van der Waals surface area contributed by atoms with Crippen molar-refractivity contribution in [1.29, 1.82) is 0 Å². The van der Waals surface area contributed by atoms with Crippen LogP contribution in [0.25, 0.3) is 10.9 Å². The fourth-order valence-corrected chi connectivity index (χ4v) is 7.36. The van der Waals surface area contributed by atoms with Crippen molar-refractivity contribution in [3.8, 4) is 0 Å². The summed E-state index contributed by atoms with van der Waals surface area (Å²) in [6.45, 7) is 12.9. The first kappa shape index (κ1) is 27.3. The number of anilines is 3. The minimum absolute atomic E-state index is 0.0477. The molecule has 4 heterocycles. The molecule has 2 fully saturated rings. The minimum atomic E-state index is -3.41. The van der Waals surface area contributed by atoms with E-state index in [2.05, 4.69) is 59.0 Å². The van der Waals surface area contributed by atoms with Crippen LogP contribution in [0, 0.1) is 6.92 Å². The Labute approximate surface area is 237 Å². The normalized spacial score (nSPS) is 20.7. The maximum atomic E-state index is 13.3. The van der Waals surface area contributed by atoms with Crippen LogP contribution in [0.1, 0.15) is 25.0 Å². The van der Waals surface area contributed by atoms with Crippen LogP contribution in [0.2, 0.25) is 0 Å². The molecule has 0 atom stereocenters. The van der Waals surface area contributed by atoms with Crippen LogP contribution < -0.4 is 20.9 Å². The summed E-state index contributed by atoms with van der Waals surface area (Å²) in [5.41, 5.74) is 10.9. The first-order chi connectivity index (χ1) is 19.1. The van der Waals surface area contributed by atoms with E-state index in [9.17, 15) is 8.42 Å². The lowest BCUT2D eigenvalue weighted by Crippen LogP contribution is -2.61. The van der Waals surface area contributed by atoms with Crippen molar-refractivity contribution in [3.63, 3.8) is 0 Å². The summed E-state index contributed by atoms with van der Waals surface area (Å²) in [6, 6.07) is 14.6. The van der Waals surface area contributed by atoms with Crippen molar-refractivity contribution in [2.45, 2.75) is 43.8 Å². The third kappa shape index (κ3) is 5.37. The van der Waals surface area contributed by atoms with Gasteiger partial charge < -0.3 is 25.6 Å². The molecule has 0 radical (unpaired) electrons. The third-order valence-electron chi connectivity index (χ3n) is 8.46. The fourth-order valence-electron chi connectivity index (χ4n) is 5.88. The molecule has 6 rings (SSSR count). The van der Waals surface area contributed by atoms with E-state index >= 15 is 0 Å². The highest BCUT2D eigenvalue weighted by Crippen LogP contribution is 2.33. The summed E-state index contributed by atoms with van der Waals surface area (Å²) in [6.07, 6.45) is 0. The summed E-state index contributed by atoms with van der Waals surface area (Å²) in [7, 11) is -3.41. The van der Waals surface area contributed by atoms with E-state index in [1.165, 1.54) is 0 Å². The topological polar surface area (TPSA) is 104 Å². The second kappa shape index (κ2) is 10.5. The number of rotatable bonds is 6. The van der Waals surface area contributed by atoms with Crippen molar-refractivity contribution in [1.82, 2.24) is 9.88 Å². The third-order valence-corrected chi connectivity index (χ3v) is 10.3. The van der Waals surface area contributed by atoms with Crippen molar-refractivity contribution in [3.05, 3.63) is 53.6 Å². The number of nitrogens with zero attached hydrogens (tertiary/aromatic N) is 4. The van der Waals surface area contributed by atoms with Gasteiger partial charge in [0.25, 0.3) is 0 Å².